The number of nitrogens with two attached hydrogens (primary N) is 1. The third-order valence-corrected chi connectivity index (χ3v) is 2.09. The van der Waals surface area contributed by atoms with Crippen molar-refractivity contribution in [1.82, 2.24) is 0 Å². The first-order valence-electron chi connectivity index (χ1n) is 2.77. The first-order valence-corrected chi connectivity index (χ1v) is 4.30. The van der Waals surface area contributed by atoms with Crippen molar-refractivity contribution in [3.63, 3.8) is 0 Å². The zero-order valence-electron chi connectivity index (χ0n) is 4.97. The van der Waals surface area contributed by atoms with E-state index >= 15 is 0 Å². The summed E-state index contributed by atoms with van der Waals surface area (Å²) in [7, 11) is -0.591. The lowest BCUT2D eigenvalue weighted by molar-refractivity contribution is 0.628. The summed E-state index contributed by atoms with van der Waals surface area (Å²) in [6, 6.07) is 6.35. The Labute approximate surface area is 55.6 Å². The molecule has 1 aromatic carbocycles. The van der Waals surface area contributed by atoms with Gasteiger partial charge in [-0.15, -0.1) is 0 Å². The zero-order chi connectivity index (χ0) is 6.69. The van der Waals surface area contributed by atoms with Crippen LogP contribution in [0.4, 0.5) is 4.39 Å². The lowest BCUT2D eigenvalue weighted by Crippen LogP contribution is -2.22. The van der Waals surface area contributed by atoms with Crippen LogP contribution in [0.5, 0.6) is 0 Å². The molecule has 0 unspecified atom stereocenters. The molecule has 0 radical (unpaired) electrons. The molecular weight excluding hydrogens is 133 g/mol. The van der Waals surface area contributed by atoms with Gasteiger partial charge < -0.3 is 5.40 Å². The van der Waals surface area contributed by atoms with Crippen LogP contribution in [0, 0.1) is 5.82 Å². The summed E-state index contributed by atoms with van der Waals surface area (Å²) in [5.74, 6) is -0.193. The van der Waals surface area contributed by atoms with Crippen molar-refractivity contribution in [3.05, 3.63) is 30.1 Å². The minimum Gasteiger partial charge on any atom is -0.352 e. The van der Waals surface area contributed by atoms with Gasteiger partial charge in [0.15, 0.2) is 0 Å². The molecular formula is C6H8FNSi. The summed E-state index contributed by atoms with van der Waals surface area (Å²) >= 11 is 0. The van der Waals surface area contributed by atoms with Gasteiger partial charge in [-0.1, -0.05) is 17.3 Å². The highest BCUT2D eigenvalue weighted by Gasteiger charge is 1.88. The average molecular weight is 141 g/mol. The molecule has 1 aromatic rings. The van der Waals surface area contributed by atoms with E-state index in [1.165, 1.54) is 12.1 Å². The van der Waals surface area contributed by atoms with Crippen molar-refractivity contribution in [1.29, 1.82) is 0 Å². The standard InChI is InChI=1S/C6H8FNSi/c7-5-1-3-6(9-8)4-2-5/h1-4H,8-9H2. The number of hydrogen-bond acceptors (Lipinski definition) is 1. The molecule has 2 N–H and O–H groups in total. The lowest BCUT2D eigenvalue weighted by atomic mass is 10.3. The topological polar surface area (TPSA) is 26.0 Å². The van der Waals surface area contributed by atoms with E-state index in [9.17, 15) is 4.39 Å². The lowest BCUT2D eigenvalue weighted by Gasteiger charge is -1.91. The predicted molar refractivity (Wildman–Crippen MR) is 38.8 cm³/mol. The Hall–Kier alpha value is -0.673. The Bertz CT molecular complexity index is 185. The molecule has 0 atom stereocenters. The fourth-order valence-corrected chi connectivity index (χ4v) is 1.13. The zero-order valence-corrected chi connectivity index (χ0v) is 6.39. The van der Waals surface area contributed by atoms with E-state index in [4.69, 9.17) is 5.40 Å². The van der Waals surface area contributed by atoms with Crippen LogP contribution in [0.3, 0.4) is 0 Å². The average Bonchev–Trinajstić information content (AvgIpc) is 1.90. The van der Waals surface area contributed by atoms with Gasteiger partial charge in [0.2, 0.25) is 0 Å². The summed E-state index contributed by atoms with van der Waals surface area (Å²) < 4.78 is 12.2. The number of benzene rings is 1. The van der Waals surface area contributed by atoms with E-state index in [0.29, 0.717) is 0 Å². The second-order valence-corrected chi connectivity index (χ2v) is 3.06. The SMILES string of the molecule is N[SiH2]c1ccc(F)cc1. The quantitative estimate of drug-likeness (QED) is 0.524. The Balaban J connectivity index is 2.88. The summed E-state index contributed by atoms with van der Waals surface area (Å²) in [5.41, 5.74) is 0. The van der Waals surface area contributed by atoms with Crippen LogP contribution in [0.2, 0.25) is 0 Å². The fourth-order valence-electron chi connectivity index (χ4n) is 0.620. The van der Waals surface area contributed by atoms with Gasteiger partial charge in [-0.2, -0.15) is 0 Å². The van der Waals surface area contributed by atoms with Crippen LogP contribution in [-0.2, 0) is 0 Å². The van der Waals surface area contributed by atoms with E-state index in [-0.39, 0.29) is 5.82 Å². The smallest absolute Gasteiger partial charge is 0.123 e. The monoisotopic (exact) mass is 141 g/mol. The molecule has 0 aliphatic rings. The van der Waals surface area contributed by atoms with E-state index in [1.807, 2.05) is 0 Å². The number of hydrogen-bond donors (Lipinski definition) is 1. The Morgan fingerprint density at radius 2 is 1.78 bits per heavy atom. The van der Waals surface area contributed by atoms with Crippen molar-refractivity contribution in [2.24, 2.45) is 5.40 Å². The van der Waals surface area contributed by atoms with Crippen molar-refractivity contribution < 1.29 is 4.39 Å². The minimum atomic E-state index is -0.591. The summed E-state index contributed by atoms with van der Waals surface area (Å²) in [5, 5.41) is 6.51. The third kappa shape index (κ3) is 1.62. The summed E-state index contributed by atoms with van der Waals surface area (Å²) in [6.07, 6.45) is 0. The first-order chi connectivity index (χ1) is 4.33. The summed E-state index contributed by atoms with van der Waals surface area (Å²) in [4.78, 5) is 0. The highest BCUT2D eigenvalue weighted by atomic mass is 28.2. The highest BCUT2D eigenvalue weighted by Crippen LogP contribution is 1.90. The normalized spacial score (nSPS) is 10.9. The van der Waals surface area contributed by atoms with Crippen LogP contribution in [0.1, 0.15) is 0 Å². The molecule has 1 nitrogen and oxygen atoms in total. The van der Waals surface area contributed by atoms with Gasteiger partial charge in [0.25, 0.3) is 0 Å². The number of rotatable bonds is 1. The first kappa shape index (κ1) is 6.45. The van der Waals surface area contributed by atoms with Gasteiger partial charge in [-0.25, -0.2) is 4.39 Å². The maximum absolute atomic E-state index is 12.2. The molecule has 48 valence electrons. The van der Waals surface area contributed by atoms with Gasteiger partial charge in [0, 0.05) is 0 Å². The van der Waals surface area contributed by atoms with Crippen LogP contribution >= 0.6 is 0 Å². The second-order valence-electron chi connectivity index (χ2n) is 1.83. The minimum absolute atomic E-state index is 0.193. The maximum Gasteiger partial charge on any atom is 0.123 e. The van der Waals surface area contributed by atoms with Crippen LogP contribution in [0.15, 0.2) is 24.3 Å². The molecule has 0 saturated heterocycles. The fraction of sp³-hybridized carbons (Fsp3) is 0. The molecule has 0 bridgehead atoms. The Morgan fingerprint density at radius 1 is 1.22 bits per heavy atom. The van der Waals surface area contributed by atoms with E-state index in [1.54, 1.807) is 12.1 Å². The van der Waals surface area contributed by atoms with Gasteiger partial charge in [-0.3, -0.25) is 0 Å². The molecule has 3 heteroatoms. The summed E-state index contributed by atoms with van der Waals surface area (Å²) in [6.45, 7) is 0. The van der Waals surface area contributed by atoms with Gasteiger partial charge in [-0.05, 0) is 12.1 Å². The van der Waals surface area contributed by atoms with Crippen molar-refractivity contribution in [3.8, 4) is 0 Å². The van der Waals surface area contributed by atoms with Crippen molar-refractivity contribution in [2.45, 2.75) is 0 Å². The molecule has 0 heterocycles. The number of halogens is 1. The Morgan fingerprint density at radius 3 is 2.22 bits per heavy atom. The van der Waals surface area contributed by atoms with E-state index in [0.717, 1.165) is 5.19 Å². The van der Waals surface area contributed by atoms with Crippen molar-refractivity contribution in [2.75, 3.05) is 0 Å². The van der Waals surface area contributed by atoms with Gasteiger partial charge in [0.05, 0.1) is 0 Å². The molecule has 0 aliphatic carbocycles. The maximum atomic E-state index is 12.2. The van der Waals surface area contributed by atoms with Crippen molar-refractivity contribution >= 4 is 14.9 Å². The Kier molecular flexibility index (Phi) is 1.97. The van der Waals surface area contributed by atoms with Crippen LogP contribution in [-0.4, -0.2) is 9.68 Å². The third-order valence-electron chi connectivity index (χ3n) is 1.15. The predicted octanol–water partition coefficient (Wildman–Crippen LogP) is -0.506. The van der Waals surface area contributed by atoms with E-state index < -0.39 is 9.68 Å². The van der Waals surface area contributed by atoms with Crippen LogP contribution in [0.25, 0.3) is 0 Å². The molecule has 0 aliphatic heterocycles. The van der Waals surface area contributed by atoms with Gasteiger partial charge >= 0.3 is 0 Å². The second kappa shape index (κ2) is 2.75. The molecule has 0 saturated carbocycles. The molecule has 1 rings (SSSR count). The molecule has 0 spiro atoms. The highest BCUT2D eigenvalue weighted by molar-refractivity contribution is 6.49. The largest absolute Gasteiger partial charge is 0.352 e. The molecule has 0 fully saturated rings. The van der Waals surface area contributed by atoms with Crippen LogP contribution < -0.4 is 10.6 Å². The molecule has 0 amide bonds. The molecule has 9 heavy (non-hydrogen) atoms. The van der Waals surface area contributed by atoms with E-state index in [2.05, 4.69) is 0 Å². The van der Waals surface area contributed by atoms with Gasteiger partial charge in [0.1, 0.15) is 15.5 Å². The molecule has 0 aromatic heterocycles.